The lowest BCUT2D eigenvalue weighted by Gasteiger charge is -2.22. The van der Waals surface area contributed by atoms with Crippen LogP contribution in [0.4, 0.5) is 0 Å². The number of hydrogen-bond donors (Lipinski definition) is 3. The molecule has 0 atom stereocenters. The number of amides is 1. The molecule has 0 bridgehead atoms. The van der Waals surface area contributed by atoms with Crippen molar-refractivity contribution in [1.29, 1.82) is 0 Å². The molecule has 94 valence electrons. The second-order valence-electron chi connectivity index (χ2n) is 5.00. The van der Waals surface area contributed by atoms with Crippen molar-refractivity contribution in [2.45, 2.75) is 20.8 Å². The van der Waals surface area contributed by atoms with Crippen molar-refractivity contribution in [3.63, 3.8) is 0 Å². The lowest BCUT2D eigenvalue weighted by molar-refractivity contribution is 0.0937. The molecule has 17 heavy (non-hydrogen) atoms. The van der Waals surface area contributed by atoms with Gasteiger partial charge in [-0.3, -0.25) is 4.79 Å². The fourth-order valence-electron chi connectivity index (χ4n) is 1.36. The van der Waals surface area contributed by atoms with Crippen molar-refractivity contribution in [1.82, 2.24) is 5.32 Å². The third-order valence-electron chi connectivity index (χ3n) is 2.83. The van der Waals surface area contributed by atoms with Gasteiger partial charge in [-0.25, -0.2) is 0 Å². The molecule has 0 aliphatic rings. The summed E-state index contributed by atoms with van der Waals surface area (Å²) < 4.78 is 0. The van der Waals surface area contributed by atoms with E-state index in [-0.39, 0.29) is 17.1 Å². The minimum Gasteiger partial charge on any atom is -0.508 e. The molecule has 0 fully saturated rings. The molecule has 0 saturated carbocycles. The number of benzene rings is 1. The highest BCUT2D eigenvalue weighted by Crippen LogP contribution is 2.19. The minimum absolute atomic E-state index is 0.125. The highest BCUT2D eigenvalue weighted by molar-refractivity contribution is 5.96. The molecule has 0 aliphatic heterocycles. The summed E-state index contributed by atoms with van der Waals surface area (Å²) >= 11 is 0. The first-order valence-electron chi connectivity index (χ1n) is 5.64. The second-order valence-corrected chi connectivity index (χ2v) is 5.00. The van der Waals surface area contributed by atoms with E-state index in [0.29, 0.717) is 24.2 Å². The van der Waals surface area contributed by atoms with Crippen LogP contribution in [0.2, 0.25) is 0 Å². The maximum absolute atomic E-state index is 11.9. The summed E-state index contributed by atoms with van der Waals surface area (Å²) in [6, 6.07) is 4.92. The van der Waals surface area contributed by atoms with E-state index in [0.717, 1.165) is 0 Å². The van der Waals surface area contributed by atoms with Gasteiger partial charge in [0.25, 0.3) is 5.91 Å². The average molecular weight is 236 g/mol. The predicted molar refractivity (Wildman–Crippen MR) is 68.0 cm³/mol. The van der Waals surface area contributed by atoms with Crippen LogP contribution in [0.5, 0.6) is 5.75 Å². The van der Waals surface area contributed by atoms with Gasteiger partial charge in [0, 0.05) is 17.7 Å². The molecule has 0 spiro atoms. The fraction of sp³-hybridized carbons (Fsp3) is 0.462. The average Bonchev–Trinajstić information content (AvgIpc) is 2.30. The predicted octanol–water partition coefficient (Wildman–Crippen LogP) is 1.42. The van der Waals surface area contributed by atoms with Crippen molar-refractivity contribution < 1.29 is 9.90 Å². The number of carbonyl (C=O) groups is 1. The Morgan fingerprint density at radius 2 is 2.12 bits per heavy atom. The SMILES string of the molecule is Cc1c(O)cccc1C(=O)NCC(C)(C)CN. The zero-order valence-corrected chi connectivity index (χ0v) is 10.6. The van der Waals surface area contributed by atoms with Gasteiger partial charge in [-0.15, -0.1) is 0 Å². The summed E-state index contributed by atoms with van der Waals surface area (Å²) in [5.41, 5.74) is 6.56. The van der Waals surface area contributed by atoms with E-state index in [2.05, 4.69) is 5.32 Å². The number of hydrogen-bond acceptors (Lipinski definition) is 3. The zero-order valence-electron chi connectivity index (χ0n) is 10.6. The van der Waals surface area contributed by atoms with Crippen molar-refractivity contribution in [3.8, 4) is 5.75 Å². The first-order chi connectivity index (χ1) is 7.87. The van der Waals surface area contributed by atoms with Crippen LogP contribution in [0.15, 0.2) is 18.2 Å². The van der Waals surface area contributed by atoms with E-state index in [9.17, 15) is 9.90 Å². The number of rotatable bonds is 4. The Hall–Kier alpha value is -1.55. The Morgan fingerprint density at radius 3 is 2.71 bits per heavy atom. The summed E-state index contributed by atoms with van der Waals surface area (Å²) in [4.78, 5) is 11.9. The van der Waals surface area contributed by atoms with Crippen LogP contribution in [-0.4, -0.2) is 24.1 Å². The fourth-order valence-corrected chi connectivity index (χ4v) is 1.36. The van der Waals surface area contributed by atoms with Crippen LogP contribution < -0.4 is 11.1 Å². The normalized spacial score (nSPS) is 11.3. The summed E-state index contributed by atoms with van der Waals surface area (Å²) in [6.07, 6.45) is 0. The molecule has 4 heteroatoms. The molecule has 0 aliphatic carbocycles. The molecule has 1 amide bonds. The van der Waals surface area contributed by atoms with Crippen molar-refractivity contribution in [3.05, 3.63) is 29.3 Å². The van der Waals surface area contributed by atoms with Gasteiger partial charge in [0.05, 0.1) is 0 Å². The summed E-state index contributed by atoms with van der Waals surface area (Å²) in [5, 5.41) is 12.4. The molecule has 0 radical (unpaired) electrons. The first kappa shape index (κ1) is 13.5. The second kappa shape index (κ2) is 5.19. The maximum atomic E-state index is 11.9. The van der Waals surface area contributed by atoms with Gasteiger partial charge in [-0.05, 0) is 31.0 Å². The molecule has 1 rings (SSSR count). The molecular formula is C13H20N2O2. The standard InChI is InChI=1S/C13H20N2O2/c1-9-10(5-4-6-11(9)16)12(17)15-8-13(2,3)7-14/h4-6,16H,7-8,14H2,1-3H3,(H,15,17). The van der Waals surface area contributed by atoms with E-state index in [1.165, 1.54) is 0 Å². The molecule has 4 nitrogen and oxygen atoms in total. The minimum atomic E-state index is -0.181. The Balaban J connectivity index is 2.74. The number of nitrogens with two attached hydrogens (primary N) is 1. The van der Waals surface area contributed by atoms with E-state index in [1.807, 2.05) is 13.8 Å². The highest BCUT2D eigenvalue weighted by Gasteiger charge is 2.18. The van der Waals surface area contributed by atoms with Crippen LogP contribution in [-0.2, 0) is 0 Å². The molecule has 0 aromatic heterocycles. The highest BCUT2D eigenvalue weighted by atomic mass is 16.3. The first-order valence-corrected chi connectivity index (χ1v) is 5.64. The van der Waals surface area contributed by atoms with Gasteiger partial charge in [0.2, 0.25) is 0 Å². The summed E-state index contributed by atoms with van der Waals surface area (Å²) in [7, 11) is 0. The monoisotopic (exact) mass is 236 g/mol. The molecule has 0 saturated heterocycles. The lowest BCUT2D eigenvalue weighted by atomic mass is 9.93. The molecule has 1 aromatic carbocycles. The van der Waals surface area contributed by atoms with Gasteiger partial charge in [-0.2, -0.15) is 0 Å². The van der Waals surface area contributed by atoms with Crippen molar-refractivity contribution in [2.24, 2.45) is 11.1 Å². The van der Waals surface area contributed by atoms with Crippen LogP contribution >= 0.6 is 0 Å². The summed E-state index contributed by atoms with van der Waals surface area (Å²) in [5.74, 6) is -0.0457. The number of phenolic OH excluding ortho intramolecular Hbond substituents is 1. The van der Waals surface area contributed by atoms with Crippen molar-refractivity contribution in [2.75, 3.05) is 13.1 Å². The number of carbonyl (C=O) groups excluding carboxylic acids is 1. The third-order valence-corrected chi connectivity index (χ3v) is 2.83. The number of nitrogens with one attached hydrogen (secondary N) is 1. The molecule has 1 aromatic rings. The van der Waals surface area contributed by atoms with E-state index in [4.69, 9.17) is 5.73 Å². The Morgan fingerprint density at radius 1 is 1.47 bits per heavy atom. The molecular weight excluding hydrogens is 216 g/mol. The Labute approximate surface area is 102 Å². The Kier molecular flexibility index (Phi) is 4.12. The van der Waals surface area contributed by atoms with Crippen LogP contribution in [0, 0.1) is 12.3 Å². The zero-order chi connectivity index (χ0) is 13.1. The topological polar surface area (TPSA) is 75.3 Å². The van der Waals surface area contributed by atoms with E-state index in [1.54, 1.807) is 25.1 Å². The van der Waals surface area contributed by atoms with Gasteiger partial charge in [0.15, 0.2) is 0 Å². The van der Waals surface area contributed by atoms with Crippen LogP contribution in [0.1, 0.15) is 29.8 Å². The quantitative estimate of drug-likeness (QED) is 0.740. The van der Waals surface area contributed by atoms with Gasteiger partial charge in [0.1, 0.15) is 5.75 Å². The van der Waals surface area contributed by atoms with E-state index >= 15 is 0 Å². The maximum Gasteiger partial charge on any atom is 0.251 e. The van der Waals surface area contributed by atoms with Gasteiger partial charge in [-0.1, -0.05) is 19.9 Å². The smallest absolute Gasteiger partial charge is 0.251 e. The van der Waals surface area contributed by atoms with Crippen LogP contribution in [0.25, 0.3) is 0 Å². The summed E-state index contributed by atoms with van der Waals surface area (Å²) in [6.45, 7) is 6.72. The largest absolute Gasteiger partial charge is 0.508 e. The van der Waals surface area contributed by atoms with Gasteiger partial charge < -0.3 is 16.2 Å². The van der Waals surface area contributed by atoms with E-state index < -0.39 is 0 Å². The molecule has 4 N–H and O–H groups in total. The third kappa shape index (κ3) is 3.46. The Bertz CT molecular complexity index is 414. The number of phenols is 1. The number of aromatic hydroxyl groups is 1. The van der Waals surface area contributed by atoms with Gasteiger partial charge >= 0.3 is 0 Å². The lowest BCUT2D eigenvalue weighted by Crippen LogP contribution is -2.38. The molecule has 0 unspecified atom stereocenters. The molecule has 0 heterocycles. The van der Waals surface area contributed by atoms with Crippen LogP contribution in [0.3, 0.4) is 0 Å². The van der Waals surface area contributed by atoms with Crippen molar-refractivity contribution >= 4 is 5.91 Å².